The van der Waals surface area contributed by atoms with E-state index in [1.807, 2.05) is 55.6 Å². The molecular weight excluding hydrogens is 314 g/mol. The van der Waals surface area contributed by atoms with Crippen LogP contribution >= 0.6 is 0 Å². The van der Waals surface area contributed by atoms with Crippen molar-refractivity contribution < 1.29 is 0 Å². The number of anilines is 3. The Morgan fingerprint density at radius 2 is 1.92 bits per heavy atom. The van der Waals surface area contributed by atoms with E-state index in [2.05, 4.69) is 20.3 Å². The summed E-state index contributed by atoms with van der Waals surface area (Å²) in [5.41, 5.74) is 10.7. The van der Waals surface area contributed by atoms with Gasteiger partial charge in [0.2, 0.25) is 0 Å². The van der Waals surface area contributed by atoms with Gasteiger partial charge in [0.05, 0.1) is 5.69 Å². The molecule has 0 fully saturated rings. The van der Waals surface area contributed by atoms with Gasteiger partial charge < -0.3 is 21.0 Å². The van der Waals surface area contributed by atoms with Crippen molar-refractivity contribution in [2.24, 2.45) is 0 Å². The Kier molecular flexibility index (Phi) is 3.50. The largest absolute Gasteiger partial charge is 0.398 e. The molecule has 2 heterocycles. The molecule has 0 unspecified atom stereocenters. The summed E-state index contributed by atoms with van der Waals surface area (Å²) in [6, 6.07) is 13.4. The SMILES string of the molecule is Cc1c(N)cccc1-c1c[nH]c(=O)c(Nc2cccc3[nH]ccc23)n1. The van der Waals surface area contributed by atoms with Gasteiger partial charge in [-0.05, 0) is 36.8 Å². The van der Waals surface area contributed by atoms with Gasteiger partial charge in [-0.25, -0.2) is 4.98 Å². The van der Waals surface area contributed by atoms with Gasteiger partial charge in [0.1, 0.15) is 0 Å². The number of hydrogen-bond acceptors (Lipinski definition) is 4. The van der Waals surface area contributed by atoms with Crippen LogP contribution in [-0.2, 0) is 0 Å². The summed E-state index contributed by atoms with van der Waals surface area (Å²) in [5.74, 6) is 0.244. The van der Waals surface area contributed by atoms with Gasteiger partial charge in [-0.3, -0.25) is 4.79 Å². The van der Waals surface area contributed by atoms with Crippen LogP contribution < -0.4 is 16.6 Å². The maximum Gasteiger partial charge on any atom is 0.291 e. The average Bonchev–Trinajstić information content (AvgIpc) is 3.09. The summed E-state index contributed by atoms with van der Waals surface area (Å²) in [4.78, 5) is 22.6. The fourth-order valence-corrected chi connectivity index (χ4v) is 2.88. The minimum absolute atomic E-state index is 0.244. The number of H-pyrrole nitrogens is 2. The number of aromatic nitrogens is 3. The number of nitrogen functional groups attached to an aromatic ring is 1. The van der Waals surface area contributed by atoms with E-state index in [0.29, 0.717) is 11.4 Å². The van der Waals surface area contributed by atoms with Gasteiger partial charge in [0.25, 0.3) is 5.56 Å². The predicted octanol–water partition coefficient (Wildman–Crippen LogP) is 3.55. The summed E-state index contributed by atoms with van der Waals surface area (Å²) in [5, 5.41) is 4.13. The summed E-state index contributed by atoms with van der Waals surface area (Å²) in [7, 11) is 0. The fourth-order valence-electron chi connectivity index (χ4n) is 2.88. The number of hydrogen-bond donors (Lipinski definition) is 4. The quantitative estimate of drug-likeness (QED) is 0.431. The zero-order chi connectivity index (χ0) is 17.4. The number of fused-ring (bicyclic) bond motifs is 1. The molecular formula is C19H17N5O. The second kappa shape index (κ2) is 5.83. The highest BCUT2D eigenvalue weighted by atomic mass is 16.1. The fraction of sp³-hybridized carbons (Fsp3) is 0.0526. The van der Waals surface area contributed by atoms with E-state index in [1.165, 1.54) is 0 Å². The van der Waals surface area contributed by atoms with Crippen LogP contribution in [-0.4, -0.2) is 15.0 Å². The van der Waals surface area contributed by atoms with Crippen molar-refractivity contribution in [1.82, 2.24) is 15.0 Å². The van der Waals surface area contributed by atoms with E-state index in [1.54, 1.807) is 6.20 Å². The minimum Gasteiger partial charge on any atom is -0.398 e. The van der Waals surface area contributed by atoms with Crippen LogP contribution in [0.2, 0.25) is 0 Å². The lowest BCUT2D eigenvalue weighted by Gasteiger charge is -2.10. The molecule has 0 amide bonds. The molecule has 6 nitrogen and oxygen atoms in total. The highest BCUT2D eigenvalue weighted by Crippen LogP contribution is 2.27. The molecule has 0 saturated heterocycles. The third-order valence-corrected chi connectivity index (χ3v) is 4.29. The first-order valence-electron chi connectivity index (χ1n) is 7.92. The van der Waals surface area contributed by atoms with Crippen molar-refractivity contribution >= 4 is 28.1 Å². The first kappa shape index (κ1) is 15.0. The van der Waals surface area contributed by atoms with E-state index in [-0.39, 0.29) is 11.4 Å². The number of benzene rings is 2. The number of aromatic amines is 2. The van der Waals surface area contributed by atoms with E-state index >= 15 is 0 Å². The minimum atomic E-state index is -0.280. The summed E-state index contributed by atoms with van der Waals surface area (Å²) >= 11 is 0. The highest BCUT2D eigenvalue weighted by Gasteiger charge is 2.11. The topological polar surface area (TPSA) is 99.6 Å². The third-order valence-electron chi connectivity index (χ3n) is 4.29. The molecule has 0 aliphatic heterocycles. The van der Waals surface area contributed by atoms with Crippen LogP contribution in [0.1, 0.15) is 5.56 Å². The Hall–Kier alpha value is -3.54. The van der Waals surface area contributed by atoms with Gasteiger partial charge in [0.15, 0.2) is 5.82 Å². The van der Waals surface area contributed by atoms with E-state index in [0.717, 1.165) is 27.7 Å². The van der Waals surface area contributed by atoms with Crippen molar-refractivity contribution in [3.63, 3.8) is 0 Å². The summed E-state index contributed by atoms with van der Waals surface area (Å²) in [6.07, 6.45) is 3.46. The molecule has 2 aromatic heterocycles. The lowest BCUT2D eigenvalue weighted by atomic mass is 10.0. The van der Waals surface area contributed by atoms with Gasteiger partial charge in [-0.1, -0.05) is 18.2 Å². The molecule has 124 valence electrons. The molecule has 0 bridgehead atoms. The lowest BCUT2D eigenvalue weighted by Crippen LogP contribution is -2.14. The zero-order valence-corrected chi connectivity index (χ0v) is 13.6. The molecule has 2 aromatic carbocycles. The van der Waals surface area contributed by atoms with E-state index < -0.39 is 0 Å². The summed E-state index contributed by atoms with van der Waals surface area (Å²) < 4.78 is 0. The van der Waals surface area contributed by atoms with Crippen LogP contribution in [0.15, 0.2) is 59.7 Å². The van der Waals surface area contributed by atoms with Crippen LogP contribution in [0.4, 0.5) is 17.2 Å². The normalized spacial score (nSPS) is 10.9. The van der Waals surface area contributed by atoms with Crippen molar-refractivity contribution in [2.75, 3.05) is 11.1 Å². The Morgan fingerprint density at radius 3 is 2.80 bits per heavy atom. The number of nitrogens with one attached hydrogen (secondary N) is 3. The molecule has 4 rings (SSSR count). The Balaban J connectivity index is 1.79. The predicted molar refractivity (Wildman–Crippen MR) is 101 cm³/mol. The lowest BCUT2D eigenvalue weighted by molar-refractivity contribution is 1.14. The first-order chi connectivity index (χ1) is 12.1. The van der Waals surface area contributed by atoms with Crippen molar-refractivity contribution in [3.8, 4) is 11.3 Å². The molecule has 25 heavy (non-hydrogen) atoms. The molecule has 0 saturated carbocycles. The summed E-state index contributed by atoms with van der Waals surface area (Å²) in [6.45, 7) is 1.94. The standard InChI is InChI=1S/C19H17N5O/c1-11-12(4-2-5-14(11)20)17-10-22-19(25)18(24-17)23-16-7-3-6-15-13(16)8-9-21-15/h2-10,21H,20H2,1H3,(H,22,25)(H,23,24). The molecule has 0 aliphatic carbocycles. The second-order valence-electron chi connectivity index (χ2n) is 5.85. The molecule has 0 aliphatic rings. The molecule has 5 N–H and O–H groups in total. The Bertz CT molecular complexity index is 1130. The Morgan fingerprint density at radius 1 is 1.08 bits per heavy atom. The molecule has 6 heteroatoms. The van der Waals surface area contributed by atoms with Gasteiger partial charge in [-0.2, -0.15) is 0 Å². The molecule has 0 radical (unpaired) electrons. The van der Waals surface area contributed by atoms with Gasteiger partial charge >= 0.3 is 0 Å². The Labute approximate surface area is 143 Å². The van der Waals surface area contributed by atoms with Crippen molar-refractivity contribution in [1.29, 1.82) is 0 Å². The van der Waals surface area contributed by atoms with Crippen molar-refractivity contribution in [2.45, 2.75) is 6.92 Å². The smallest absolute Gasteiger partial charge is 0.291 e. The van der Waals surface area contributed by atoms with E-state index in [9.17, 15) is 4.79 Å². The maximum absolute atomic E-state index is 12.2. The maximum atomic E-state index is 12.2. The van der Waals surface area contributed by atoms with Crippen LogP contribution in [0, 0.1) is 6.92 Å². The van der Waals surface area contributed by atoms with Gasteiger partial charge in [0, 0.05) is 40.2 Å². The number of rotatable bonds is 3. The third kappa shape index (κ3) is 2.63. The van der Waals surface area contributed by atoms with Crippen LogP contribution in [0.5, 0.6) is 0 Å². The average molecular weight is 331 g/mol. The number of nitrogens with two attached hydrogens (primary N) is 1. The van der Waals surface area contributed by atoms with E-state index in [4.69, 9.17) is 5.73 Å². The molecule has 0 spiro atoms. The van der Waals surface area contributed by atoms with Crippen LogP contribution in [0.25, 0.3) is 22.2 Å². The zero-order valence-electron chi connectivity index (χ0n) is 13.6. The van der Waals surface area contributed by atoms with Crippen molar-refractivity contribution in [3.05, 3.63) is 70.8 Å². The monoisotopic (exact) mass is 331 g/mol. The first-order valence-corrected chi connectivity index (χ1v) is 7.92. The highest BCUT2D eigenvalue weighted by molar-refractivity contribution is 5.93. The molecule has 4 aromatic rings. The molecule has 0 atom stereocenters. The number of nitrogens with zero attached hydrogens (tertiary/aromatic N) is 1. The second-order valence-corrected chi connectivity index (χ2v) is 5.85. The van der Waals surface area contributed by atoms with Gasteiger partial charge in [-0.15, -0.1) is 0 Å². The van der Waals surface area contributed by atoms with Crippen LogP contribution in [0.3, 0.4) is 0 Å².